The van der Waals surface area contributed by atoms with Crippen LogP contribution in [0.15, 0.2) is 11.1 Å². The Morgan fingerprint density at radius 1 is 1.62 bits per heavy atom. The van der Waals surface area contributed by atoms with Gasteiger partial charge in [0.1, 0.15) is 5.69 Å². The van der Waals surface area contributed by atoms with Gasteiger partial charge in [-0.1, -0.05) is 0 Å². The molecule has 0 amide bonds. The predicted molar refractivity (Wildman–Crippen MR) is 63.3 cm³/mol. The molecule has 1 atom stereocenters. The fourth-order valence-corrected chi connectivity index (χ4v) is 2.10. The largest absolute Gasteiger partial charge is 0.391 e. The van der Waals surface area contributed by atoms with Gasteiger partial charge in [0, 0.05) is 13.1 Å². The smallest absolute Gasteiger partial charge is 0.276 e. The van der Waals surface area contributed by atoms with Gasteiger partial charge < -0.3 is 21.4 Å². The normalized spacial score (nSPS) is 21.1. The third kappa shape index (κ3) is 2.01. The lowest BCUT2D eigenvalue weighted by atomic mass is 9.98. The van der Waals surface area contributed by atoms with Gasteiger partial charge in [-0.3, -0.25) is 4.79 Å². The summed E-state index contributed by atoms with van der Waals surface area (Å²) in [5.74, 6) is 1.05. The molecule has 0 bridgehead atoms. The van der Waals surface area contributed by atoms with Crippen LogP contribution in [0.5, 0.6) is 0 Å². The highest BCUT2D eigenvalue weighted by molar-refractivity contribution is 5.60. The zero-order chi connectivity index (χ0) is 11.5. The van der Waals surface area contributed by atoms with Gasteiger partial charge in [0.25, 0.3) is 5.56 Å². The van der Waals surface area contributed by atoms with E-state index in [4.69, 9.17) is 11.5 Å². The number of nitrogens with one attached hydrogen (secondary N) is 1. The molecular formula is C10H17N5O. The SMILES string of the molecule is NCC1CCCN(c2nc[nH]c(=O)c2N)C1. The minimum atomic E-state index is -0.278. The molecule has 5 N–H and O–H groups in total. The minimum absolute atomic E-state index is 0.195. The van der Waals surface area contributed by atoms with E-state index < -0.39 is 0 Å². The van der Waals surface area contributed by atoms with Crippen LogP contribution in [0, 0.1) is 5.92 Å². The van der Waals surface area contributed by atoms with Crippen LogP contribution in [-0.4, -0.2) is 29.6 Å². The van der Waals surface area contributed by atoms with Crippen molar-refractivity contribution in [2.45, 2.75) is 12.8 Å². The Hall–Kier alpha value is -1.56. The number of nitrogen functional groups attached to an aromatic ring is 1. The van der Waals surface area contributed by atoms with Crippen LogP contribution in [0.3, 0.4) is 0 Å². The van der Waals surface area contributed by atoms with Crippen molar-refractivity contribution in [3.63, 3.8) is 0 Å². The Morgan fingerprint density at radius 3 is 3.19 bits per heavy atom. The number of H-pyrrole nitrogens is 1. The number of aromatic amines is 1. The summed E-state index contributed by atoms with van der Waals surface area (Å²) in [6, 6.07) is 0. The van der Waals surface area contributed by atoms with Crippen LogP contribution in [0.2, 0.25) is 0 Å². The molecule has 0 saturated carbocycles. The lowest BCUT2D eigenvalue weighted by Gasteiger charge is -2.33. The maximum absolute atomic E-state index is 11.4. The predicted octanol–water partition coefficient (Wildman–Crippen LogP) is -0.473. The summed E-state index contributed by atoms with van der Waals surface area (Å²) in [6.45, 7) is 2.38. The van der Waals surface area contributed by atoms with Gasteiger partial charge in [-0.05, 0) is 25.3 Å². The summed E-state index contributed by atoms with van der Waals surface area (Å²) >= 11 is 0. The molecule has 2 heterocycles. The molecule has 6 nitrogen and oxygen atoms in total. The zero-order valence-electron chi connectivity index (χ0n) is 9.15. The Balaban J connectivity index is 2.23. The third-order valence-corrected chi connectivity index (χ3v) is 3.02. The lowest BCUT2D eigenvalue weighted by molar-refractivity contribution is 0.422. The van der Waals surface area contributed by atoms with Crippen molar-refractivity contribution in [3.8, 4) is 0 Å². The van der Waals surface area contributed by atoms with E-state index in [0.29, 0.717) is 18.3 Å². The van der Waals surface area contributed by atoms with E-state index in [9.17, 15) is 4.79 Å². The van der Waals surface area contributed by atoms with Crippen LogP contribution >= 0.6 is 0 Å². The monoisotopic (exact) mass is 223 g/mol. The number of hydrogen-bond donors (Lipinski definition) is 3. The first-order chi connectivity index (χ1) is 7.72. The molecule has 2 rings (SSSR count). The molecule has 0 spiro atoms. The number of nitrogens with two attached hydrogens (primary N) is 2. The number of rotatable bonds is 2. The molecule has 1 saturated heterocycles. The first-order valence-electron chi connectivity index (χ1n) is 5.50. The second-order valence-electron chi connectivity index (χ2n) is 4.16. The van der Waals surface area contributed by atoms with E-state index in [0.717, 1.165) is 25.9 Å². The molecule has 0 radical (unpaired) electrons. The molecule has 88 valence electrons. The van der Waals surface area contributed by atoms with Gasteiger partial charge in [0.05, 0.1) is 6.33 Å². The highest BCUT2D eigenvalue weighted by Gasteiger charge is 2.21. The molecule has 1 fully saturated rings. The fraction of sp³-hybridized carbons (Fsp3) is 0.600. The zero-order valence-corrected chi connectivity index (χ0v) is 9.15. The van der Waals surface area contributed by atoms with E-state index in [1.54, 1.807) is 0 Å². The standard InChI is InChI=1S/C10H17N5O/c11-4-7-2-1-3-15(5-7)9-8(12)10(16)14-6-13-9/h6-7H,1-5,11-12H2,(H,13,14,16). The summed E-state index contributed by atoms with van der Waals surface area (Å²) < 4.78 is 0. The number of nitrogens with zero attached hydrogens (tertiary/aromatic N) is 2. The lowest BCUT2D eigenvalue weighted by Crippen LogP contribution is -2.39. The Morgan fingerprint density at radius 2 is 2.44 bits per heavy atom. The van der Waals surface area contributed by atoms with Crippen LogP contribution in [0.4, 0.5) is 11.5 Å². The molecule has 1 aliphatic rings. The van der Waals surface area contributed by atoms with Crippen molar-refractivity contribution < 1.29 is 0 Å². The molecule has 1 aliphatic heterocycles. The molecule has 1 aromatic heterocycles. The maximum Gasteiger partial charge on any atom is 0.276 e. The van der Waals surface area contributed by atoms with Gasteiger partial charge in [-0.15, -0.1) is 0 Å². The molecular weight excluding hydrogens is 206 g/mol. The highest BCUT2D eigenvalue weighted by Crippen LogP contribution is 2.22. The van der Waals surface area contributed by atoms with E-state index in [1.165, 1.54) is 6.33 Å². The van der Waals surface area contributed by atoms with E-state index in [-0.39, 0.29) is 11.2 Å². The highest BCUT2D eigenvalue weighted by atomic mass is 16.1. The topological polar surface area (TPSA) is 101 Å². The average Bonchev–Trinajstić information content (AvgIpc) is 2.33. The first-order valence-corrected chi connectivity index (χ1v) is 5.50. The van der Waals surface area contributed by atoms with Gasteiger partial charge in [-0.2, -0.15) is 0 Å². The van der Waals surface area contributed by atoms with Crippen molar-refractivity contribution in [1.82, 2.24) is 9.97 Å². The second-order valence-corrected chi connectivity index (χ2v) is 4.16. The quantitative estimate of drug-likeness (QED) is 0.629. The van der Waals surface area contributed by atoms with Crippen molar-refractivity contribution >= 4 is 11.5 Å². The Bertz CT molecular complexity index is 416. The van der Waals surface area contributed by atoms with Gasteiger partial charge in [-0.25, -0.2) is 4.98 Å². The molecule has 0 aromatic carbocycles. The Labute approximate surface area is 93.7 Å². The van der Waals surface area contributed by atoms with Crippen LogP contribution in [0.25, 0.3) is 0 Å². The van der Waals surface area contributed by atoms with E-state index in [1.807, 2.05) is 4.90 Å². The molecule has 1 aromatic rings. The van der Waals surface area contributed by atoms with Gasteiger partial charge in [0.15, 0.2) is 5.82 Å². The summed E-state index contributed by atoms with van der Waals surface area (Å²) in [4.78, 5) is 20.0. The molecule has 6 heteroatoms. The summed E-state index contributed by atoms with van der Waals surface area (Å²) in [5, 5.41) is 0. The van der Waals surface area contributed by atoms with E-state index >= 15 is 0 Å². The second kappa shape index (κ2) is 4.52. The fourth-order valence-electron chi connectivity index (χ4n) is 2.10. The number of piperidine rings is 1. The Kier molecular flexibility index (Phi) is 3.09. The van der Waals surface area contributed by atoms with Crippen molar-refractivity contribution in [2.75, 3.05) is 30.3 Å². The van der Waals surface area contributed by atoms with Crippen molar-refractivity contribution in [2.24, 2.45) is 11.7 Å². The first kappa shape index (κ1) is 10.9. The van der Waals surface area contributed by atoms with Crippen LogP contribution in [0.1, 0.15) is 12.8 Å². The molecule has 1 unspecified atom stereocenters. The van der Waals surface area contributed by atoms with Gasteiger partial charge in [0.2, 0.25) is 0 Å². The summed E-state index contributed by atoms with van der Waals surface area (Å²) in [6.07, 6.45) is 3.59. The molecule has 0 aliphatic carbocycles. The van der Waals surface area contributed by atoms with Crippen molar-refractivity contribution in [3.05, 3.63) is 16.7 Å². The number of aromatic nitrogens is 2. The maximum atomic E-state index is 11.4. The number of hydrogen-bond acceptors (Lipinski definition) is 5. The minimum Gasteiger partial charge on any atom is -0.391 e. The van der Waals surface area contributed by atoms with Crippen LogP contribution < -0.4 is 21.9 Å². The third-order valence-electron chi connectivity index (χ3n) is 3.02. The summed E-state index contributed by atoms with van der Waals surface area (Å²) in [5.41, 5.74) is 11.3. The number of anilines is 2. The van der Waals surface area contributed by atoms with Gasteiger partial charge >= 0.3 is 0 Å². The van der Waals surface area contributed by atoms with Crippen LogP contribution in [-0.2, 0) is 0 Å². The van der Waals surface area contributed by atoms with E-state index in [2.05, 4.69) is 9.97 Å². The summed E-state index contributed by atoms with van der Waals surface area (Å²) in [7, 11) is 0. The van der Waals surface area contributed by atoms with Crippen molar-refractivity contribution in [1.29, 1.82) is 0 Å². The average molecular weight is 223 g/mol. The molecule has 16 heavy (non-hydrogen) atoms.